The zero-order valence-corrected chi connectivity index (χ0v) is 42.8. The van der Waals surface area contributed by atoms with Crippen molar-refractivity contribution in [3.8, 4) is 0 Å². The Morgan fingerprint density at radius 1 is 0.690 bits per heavy atom. The fraction of sp³-hybridized carbons (Fsp3) is 0.482. The number of benzene rings is 2. The highest BCUT2D eigenvalue weighted by Gasteiger charge is 2.57. The van der Waals surface area contributed by atoms with Gasteiger partial charge in [-0.2, -0.15) is 0 Å². The lowest BCUT2D eigenvalue weighted by atomic mass is 9.53. The van der Waals surface area contributed by atoms with Crippen LogP contribution in [0.5, 0.6) is 0 Å². The number of hydrogen-bond acceptors (Lipinski definition) is 9. The van der Waals surface area contributed by atoms with Crippen LogP contribution in [0.25, 0.3) is 33.0 Å². The molecule has 0 aliphatic heterocycles. The molecule has 1 unspecified atom stereocenters. The predicted molar refractivity (Wildman–Crippen MR) is 278 cm³/mol. The number of hydrogen-bond donors (Lipinski definition) is 5. The molecule has 6 aliphatic rings. The SMILES string of the molecule is CC(C)(C)OC(=O)N(Cc1ccccc1)C12CCC(C(NN)c3c(Cl)cnc4[nH]ccc34)(CC1)CC2.CC(C)(C)OC(=O)N(Cc1ccccc1)C12CCC(c3[nH][nH]c4cnc5nccc5c34)(CC1)CC2. The molecule has 2 amide bonds. The van der Waals surface area contributed by atoms with Crippen LogP contribution in [0.15, 0.2) is 97.6 Å². The van der Waals surface area contributed by atoms with E-state index in [1.165, 1.54) is 11.1 Å². The second-order valence-electron chi connectivity index (χ2n) is 22.9. The Bertz CT molecular complexity index is 2980. The van der Waals surface area contributed by atoms with Crippen LogP contribution in [0.4, 0.5) is 9.59 Å². The van der Waals surface area contributed by atoms with Crippen LogP contribution in [0.2, 0.25) is 5.02 Å². The van der Waals surface area contributed by atoms with E-state index in [1.54, 1.807) is 6.20 Å². The summed E-state index contributed by atoms with van der Waals surface area (Å²) < 4.78 is 11.8. The minimum atomic E-state index is -0.551. The first-order valence-electron chi connectivity index (χ1n) is 25.4. The fourth-order valence-electron chi connectivity index (χ4n) is 12.8. The van der Waals surface area contributed by atoms with Gasteiger partial charge < -0.3 is 19.6 Å². The van der Waals surface area contributed by atoms with Crippen LogP contribution in [-0.4, -0.2) is 74.4 Å². The number of hydrazine groups is 1. The van der Waals surface area contributed by atoms with Crippen molar-refractivity contribution >= 4 is 56.8 Å². The van der Waals surface area contributed by atoms with Crippen molar-refractivity contribution < 1.29 is 19.1 Å². The summed E-state index contributed by atoms with van der Waals surface area (Å²) >= 11 is 6.71. The molecule has 6 saturated carbocycles. The molecular formula is C56H69ClN10O4. The maximum absolute atomic E-state index is 13.5. The molecule has 5 heterocycles. The monoisotopic (exact) mass is 981 g/mol. The van der Waals surface area contributed by atoms with Gasteiger partial charge in [-0.3, -0.25) is 26.2 Å². The summed E-state index contributed by atoms with van der Waals surface area (Å²) in [6, 6.07) is 24.4. The van der Waals surface area contributed by atoms with E-state index in [0.717, 1.165) is 121 Å². The van der Waals surface area contributed by atoms with Gasteiger partial charge in [0.2, 0.25) is 0 Å². The van der Waals surface area contributed by atoms with Gasteiger partial charge in [-0.1, -0.05) is 72.3 Å². The van der Waals surface area contributed by atoms with Gasteiger partial charge in [0.25, 0.3) is 0 Å². The van der Waals surface area contributed by atoms with E-state index in [0.29, 0.717) is 18.1 Å². The van der Waals surface area contributed by atoms with Gasteiger partial charge in [0, 0.05) is 75.6 Å². The highest BCUT2D eigenvalue weighted by Crippen LogP contribution is 2.61. The molecule has 2 aromatic carbocycles. The lowest BCUT2D eigenvalue weighted by Crippen LogP contribution is -2.61. The second-order valence-corrected chi connectivity index (χ2v) is 23.3. The fourth-order valence-corrected chi connectivity index (χ4v) is 13.0. The number of nitrogens with two attached hydrogens (primary N) is 1. The number of rotatable bonds is 10. The third-order valence-electron chi connectivity index (χ3n) is 16.5. The van der Waals surface area contributed by atoms with Crippen LogP contribution in [0.3, 0.4) is 0 Å². The van der Waals surface area contributed by atoms with Crippen LogP contribution in [0.1, 0.15) is 147 Å². The summed E-state index contributed by atoms with van der Waals surface area (Å²) in [7, 11) is 0. The Balaban J connectivity index is 0.000000164. The topological polar surface area (TPSA) is 183 Å². The maximum atomic E-state index is 13.5. The molecular weight excluding hydrogens is 912 g/mol. The molecule has 14 nitrogen and oxygen atoms in total. The van der Waals surface area contributed by atoms with Gasteiger partial charge in [-0.15, -0.1) is 0 Å². The van der Waals surface area contributed by atoms with E-state index in [9.17, 15) is 9.59 Å². The lowest BCUT2D eigenvalue weighted by Gasteiger charge is -2.59. The van der Waals surface area contributed by atoms with Crippen molar-refractivity contribution in [1.29, 1.82) is 0 Å². The van der Waals surface area contributed by atoms with Gasteiger partial charge in [0.15, 0.2) is 5.65 Å². The molecule has 0 spiro atoms. The number of nitrogens with zero attached hydrogens (tertiary/aromatic N) is 5. The maximum Gasteiger partial charge on any atom is 0.411 e. The quantitative estimate of drug-likeness (QED) is 0.0657. The summed E-state index contributed by atoms with van der Waals surface area (Å²) in [6.45, 7) is 12.7. The Labute approximate surface area is 421 Å². The van der Waals surface area contributed by atoms with Gasteiger partial charge in [-0.25, -0.2) is 24.5 Å². The number of carbonyl (C=O) groups is 2. The lowest BCUT2D eigenvalue weighted by molar-refractivity contribution is -0.0785. The van der Waals surface area contributed by atoms with Crippen molar-refractivity contribution in [3.63, 3.8) is 0 Å². The van der Waals surface area contributed by atoms with E-state index in [4.69, 9.17) is 26.9 Å². The Morgan fingerprint density at radius 3 is 1.75 bits per heavy atom. The number of halogens is 1. The van der Waals surface area contributed by atoms with Crippen LogP contribution >= 0.6 is 11.6 Å². The van der Waals surface area contributed by atoms with E-state index in [-0.39, 0.29) is 40.1 Å². The number of pyridine rings is 2. The van der Waals surface area contributed by atoms with Gasteiger partial charge in [-0.05, 0) is 147 Å². The number of ether oxygens (including phenoxy) is 2. The zero-order valence-electron chi connectivity index (χ0n) is 42.0. The van der Waals surface area contributed by atoms with E-state index >= 15 is 0 Å². The number of carbonyl (C=O) groups excluding carboxylic acids is 2. The average molecular weight is 982 g/mol. The normalized spacial score (nSPS) is 24.4. The van der Waals surface area contributed by atoms with Crippen molar-refractivity contribution in [2.24, 2.45) is 11.3 Å². The molecule has 0 radical (unpaired) electrons. The smallest absolute Gasteiger partial charge is 0.411 e. The highest BCUT2D eigenvalue weighted by molar-refractivity contribution is 6.32. The Kier molecular flexibility index (Phi) is 12.7. The number of aromatic nitrogens is 6. The summed E-state index contributed by atoms with van der Waals surface area (Å²) in [4.78, 5) is 47.6. The zero-order chi connectivity index (χ0) is 49.8. The summed E-state index contributed by atoms with van der Waals surface area (Å²) in [6.07, 6.45) is 18.4. The molecule has 13 rings (SSSR count). The molecule has 6 N–H and O–H groups in total. The average Bonchev–Trinajstić information content (AvgIpc) is 4.15. The predicted octanol–water partition coefficient (Wildman–Crippen LogP) is 12.5. The molecule has 5 aromatic heterocycles. The number of aromatic amines is 3. The third-order valence-corrected chi connectivity index (χ3v) is 16.8. The first-order valence-corrected chi connectivity index (χ1v) is 25.8. The van der Waals surface area contributed by atoms with Gasteiger partial charge in [0.1, 0.15) is 16.8 Å². The summed E-state index contributed by atoms with van der Waals surface area (Å²) in [5, 5.41) is 10.8. The van der Waals surface area contributed by atoms with Gasteiger partial charge >= 0.3 is 12.2 Å². The second kappa shape index (κ2) is 18.6. The van der Waals surface area contributed by atoms with E-state index < -0.39 is 11.2 Å². The van der Waals surface area contributed by atoms with Crippen molar-refractivity contribution in [2.45, 2.75) is 165 Å². The van der Waals surface area contributed by atoms with Crippen molar-refractivity contribution in [1.82, 2.24) is 45.4 Å². The standard InChI is InChI=1S/C28H36ClN5O2.C28H33N5O2/c1-26(2,3)36-25(35)34(18-19-7-5-4-6-8-19)28-13-10-27(11-14-28,12-15-28)23(33-30)22-20-9-16-31-24(20)32-17-21(22)29;1-26(2,3)35-25(34)33(18-19-7-5-4-6-8-19)28-13-10-27(11-14-28,12-15-28)23-22-20-9-16-29-24(20)30-17-21(22)31-32-23/h4-9,16-17,23,33H,10-15,18,30H2,1-3H3,(H,31,32);4-9,16-17,31-32H,10-15,18H2,1-3H3. The molecule has 4 bridgehead atoms. The molecule has 7 aromatic rings. The largest absolute Gasteiger partial charge is 0.444 e. The number of amides is 2. The first-order chi connectivity index (χ1) is 34.0. The molecule has 6 aliphatic carbocycles. The molecule has 15 heteroatoms. The van der Waals surface area contributed by atoms with Crippen LogP contribution < -0.4 is 11.3 Å². The Morgan fingerprint density at radius 2 is 1.23 bits per heavy atom. The number of fused-ring (bicyclic) bond motifs is 10. The molecule has 374 valence electrons. The minimum absolute atomic E-state index is 0.0436. The summed E-state index contributed by atoms with van der Waals surface area (Å²) in [5.41, 5.74) is 8.83. The number of nitrogens with one attached hydrogen (secondary N) is 4. The molecule has 71 heavy (non-hydrogen) atoms. The minimum Gasteiger partial charge on any atom is -0.444 e. The Hall–Kier alpha value is -5.96. The van der Waals surface area contributed by atoms with E-state index in [1.807, 2.05) is 112 Å². The molecule has 0 saturated heterocycles. The van der Waals surface area contributed by atoms with Crippen molar-refractivity contribution in [3.05, 3.63) is 125 Å². The first kappa shape index (κ1) is 48.7. The van der Waals surface area contributed by atoms with E-state index in [2.05, 4.69) is 65.9 Å². The van der Waals surface area contributed by atoms with Crippen molar-refractivity contribution in [2.75, 3.05) is 0 Å². The van der Waals surface area contributed by atoms with Crippen LogP contribution in [-0.2, 0) is 28.0 Å². The van der Waals surface area contributed by atoms with Gasteiger partial charge in [0.05, 0.1) is 22.8 Å². The summed E-state index contributed by atoms with van der Waals surface area (Å²) in [5.74, 6) is 6.23. The number of H-pyrrole nitrogens is 3. The molecule has 1 atom stereocenters. The van der Waals surface area contributed by atoms with Crippen LogP contribution in [0, 0.1) is 5.41 Å². The highest BCUT2D eigenvalue weighted by atomic mass is 35.5. The molecule has 6 fully saturated rings. The third kappa shape index (κ3) is 9.27.